The number of hydrogen-bond donors (Lipinski definition) is 1. The molecule has 0 saturated heterocycles. The number of benzene rings is 1. The van der Waals surface area contributed by atoms with Crippen molar-refractivity contribution in [3.8, 4) is 11.4 Å². The molecule has 0 unspecified atom stereocenters. The summed E-state index contributed by atoms with van der Waals surface area (Å²) in [6.07, 6.45) is 12.0. The Morgan fingerprint density at radius 2 is 1.77 bits per heavy atom. The van der Waals surface area contributed by atoms with Crippen LogP contribution in [0.3, 0.4) is 0 Å². The fourth-order valence-corrected chi connectivity index (χ4v) is 4.76. The van der Waals surface area contributed by atoms with Gasteiger partial charge in [0.05, 0.1) is 12.3 Å². The molecule has 1 aliphatic carbocycles. The Bertz CT molecular complexity index is 953. The Morgan fingerprint density at radius 3 is 2.52 bits per heavy atom. The first kappa shape index (κ1) is 21.6. The highest BCUT2D eigenvalue weighted by atomic mass is 32.2. The van der Waals surface area contributed by atoms with Crippen LogP contribution in [0, 0.1) is 0 Å². The molecule has 6 nitrogen and oxygen atoms in total. The fourth-order valence-electron chi connectivity index (χ4n) is 4.01. The standard InChI is InChI=1S/C24H29N5OS/c30-22(26-21-13-7-2-1-3-8-14-21)18-31-24-28-27-23(20-12-9-15-25-16-20)29(24)17-19-10-5-4-6-11-19/h4-6,9-12,15-16,21H,1-3,7-8,13-14,17-18H2,(H,26,30). The molecule has 0 bridgehead atoms. The van der Waals surface area contributed by atoms with E-state index in [1.165, 1.54) is 43.9 Å². The van der Waals surface area contributed by atoms with Gasteiger partial charge in [-0.1, -0.05) is 74.2 Å². The van der Waals surface area contributed by atoms with Gasteiger partial charge in [0.25, 0.3) is 0 Å². The maximum absolute atomic E-state index is 12.6. The summed E-state index contributed by atoms with van der Waals surface area (Å²) >= 11 is 1.44. The first-order valence-corrected chi connectivity index (χ1v) is 12.1. The molecule has 162 valence electrons. The van der Waals surface area contributed by atoms with Crippen molar-refractivity contribution in [1.29, 1.82) is 0 Å². The molecule has 0 atom stereocenters. The van der Waals surface area contributed by atoms with Gasteiger partial charge in [0, 0.05) is 24.0 Å². The SMILES string of the molecule is O=C(CSc1nnc(-c2cccnc2)n1Cc1ccccc1)NC1CCCCCCC1. The van der Waals surface area contributed by atoms with Crippen LogP contribution in [0.15, 0.2) is 60.0 Å². The first-order valence-electron chi connectivity index (χ1n) is 11.1. The lowest BCUT2D eigenvalue weighted by molar-refractivity contribution is -0.119. The molecule has 1 N–H and O–H groups in total. The molecule has 1 aliphatic rings. The molecule has 1 saturated carbocycles. The van der Waals surface area contributed by atoms with Crippen molar-refractivity contribution in [3.63, 3.8) is 0 Å². The average molecular weight is 436 g/mol. The van der Waals surface area contributed by atoms with Crippen molar-refractivity contribution in [1.82, 2.24) is 25.1 Å². The van der Waals surface area contributed by atoms with E-state index in [1.807, 2.05) is 30.3 Å². The molecular formula is C24H29N5OS. The van der Waals surface area contributed by atoms with Gasteiger partial charge in [-0.25, -0.2) is 0 Å². The maximum Gasteiger partial charge on any atom is 0.230 e. The van der Waals surface area contributed by atoms with Crippen LogP contribution in [0.5, 0.6) is 0 Å². The van der Waals surface area contributed by atoms with Crippen molar-refractivity contribution in [2.45, 2.75) is 62.7 Å². The van der Waals surface area contributed by atoms with E-state index in [0.29, 0.717) is 18.3 Å². The number of rotatable bonds is 7. The predicted molar refractivity (Wildman–Crippen MR) is 124 cm³/mol. The van der Waals surface area contributed by atoms with Gasteiger partial charge in [-0.3, -0.25) is 14.3 Å². The quantitative estimate of drug-likeness (QED) is 0.544. The second-order valence-electron chi connectivity index (χ2n) is 8.02. The van der Waals surface area contributed by atoms with Crippen molar-refractivity contribution in [2.24, 2.45) is 0 Å². The number of carbonyl (C=O) groups is 1. The van der Waals surface area contributed by atoms with Gasteiger partial charge >= 0.3 is 0 Å². The zero-order valence-electron chi connectivity index (χ0n) is 17.7. The Kier molecular flexibility index (Phi) is 7.71. The van der Waals surface area contributed by atoms with E-state index in [0.717, 1.165) is 34.9 Å². The number of nitrogens with one attached hydrogen (secondary N) is 1. The normalized spacial score (nSPS) is 15.2. The lowest BCUT2D eigenvalue weighted by Gasteiger charge is -2.20. The first-order chi connectivity index (χ1) is 15.3. The van der Waals surface area contributed by atoms with E-state index in [4.69, 9.17) is 0 Å². The average Bonchev–Trinajstić information content (AvgIpc) is 3.18. The molecule has 2 aromatic heterocycles. The lowest BCUT2D eigenvalue weighted by Crippen LogP contribution is -2.36. The summed E-state index contributed by atoms with van der Waals surface area (Å²) in [4.78, 5) is 16.8. The minimum absolute atomic E-state index is 0.0766. The Morgan fingerprint density at radius 1 is 1.00 bits per heavy atom. The highest BCUT2D eigenvalue weighted by Crippen LogP contribution is 2.25. The minimum Gasteiger partial charge on any atom is -0.353 e. The van der Waals surface area contributed by atoms with Gasteiger partial charge in [-0.15, -0.1) is 10.2 Å². The fraction of sp³-hybridized carbons (Fsp3) is 0.417. The zero-order valence-corrected chi connectivity index (χ0v) is 18.6. The molecule has 31 heavy (non-hydrogen) atoms. The van der Waals surface area contributed by atoms with Crippen LogP contribution in [-0.2, 0) is 11.3 Å². The summed E-state index contributed by atoms with van der Waals surface area (Å²) in [5, 5.41) is 12.8. The molecule has 2 heterocycles. The van der Waals surface area contributed by atoms with E-state index in [-0.39, 0.29) is 5.91 Å². The molecule has 1 amide bonds. The van der Waals surface area contributed by atoms with Crippen LogP contribution in [0.25, 0.3) is 11.4 Å². The predicted octanol–water partition coefficient (Wildman–Crippen LogP) is 4.71. The lowest BCUT2D eigenvalue weighted by atomic mass is 9.97. The molecule has 4 rings (SSSR count). The third-order valence-electron chi connectivity index (χ3n) is 5.62. The van der Waals surface area contributed by atoms with Crippen LogP contribution >= 0.6 is 11.8 Å². The number of amides is 1. The summed E-state index contributed by atoms with van der Waals surface area (Å²) in [6.45, 7) is 0.643. The topological polar surface area (TPSA) is 72.7 Å². The van der Waals surface area contributed by atoms with Crippen LogP contribution in [0.2, 0.25) is 0 Å². The largest absolute Gasteiger partial charge is 0.353 e. The second-order valence-corrected chi connectivity index (χ2v) is 8.96. The van der Waals surface area contributed by atoms with E-state index in [1.54, 1.807) is 12.4 Å². The van der Waals surface area contributed by atoms with Crippen LogP contribution in [0.1, 0.15) is 50.5 Å². The number of nitrogens with zero attached hydrogens (tertiary/aromatic N) is 4. The molecule has 1 aromatic carbocycles. The van der Waals surface area contributed by atoms with E-state index in [2.05, 4.69) is 37.2 Å². The Balaban J connectivity index is 1.45. The van der Waals surface area contributed by atoms with E-state index >= 15 is 0 Å². The maximum atomic E-state index is 12.6. The molecule has 0 spiro atoms. The number of hydrogen-bond acceptors (Lipinski definition) is 5. The van der Waals surface area contributed by atoms with Gasteiger partial charge in [-0.2, -0.15) is 0 Å². The Hall–Kier alpha value is -2.67. The smallest absolute Gasteiger partial charge is 0.230 e. The third kappa shape index (κ3) is 6.17. The van der Waals surface area contributed by atoms with Gasteiger partial charge in [0.15, 0.2) is 11.0 Å². The molecule has 0 radical (unpaired) electrons. The summed E-state index contributed by atoms with van der Waals surface area (Å²) in [6, 6.07) is 14.4. The number of aromatic nitrogens is 4. The van der Waals surface area contributed by atoms with E-state index < -0.39 is 0 Å². The van der Waals surface area contributed by atoms with Crippen molar-refractivity contribution in [2.75, 3.05) is 5.75 Å². The highest BCUT2D eigenvalue weighted by molar-refractivity contribution is 7.99. The van der Waals surface area contributed by atoms with Crippen molar-refractivity contribution < 1.29 is 4.79 Å². The van der Waals surface area contributed by atoms with Crippen molar-refractivity contribution >= 4 is 17.7 Å². The van der Waals surface area contributed by atoms with Crippen LogP contribution < -0.4 is 5.32 Å². The third-order valence-corrected chi connectivity index (χ3v) is 6.59. The van der Waals surface area contributed by atoms with E-state index in [9.17, 15) is 4.79 Å². The molecule has 1 fully saturated rings. The summed E-state index contributed by atoms with van der Waals surface area (Å²) < 4.78 is 2.07. The monoisotopic (exact) mass is 435 g/mol. The molecule has 3 aromatic rings. The number of thioether (sulfide) groups is 1. The molecule has 7 heteroatoms. The van der Waals surface area contributed by atoms with Gasteiger partial charge in [-0.05, 0) is 30.5 Å². The summed E-state index contributed by atoms with van der Waals surface area (Å²) in [5.41, 5.74) is 2.07. The minimum atomic E-state index is 0.0766. The van der Waals surface area contributed by atoms with Gasteiger partial charge in [0.1, 0.15) is 0 Å². The van der Waals surface area contributed by atoms with Gasteiger partial charge < -0.3 is 5.32 Å². The number of pyridine rings is 1. The second kappa shape index (κ2) is 11.1. The summed E-state index contributed by atoms with van der Waals surface area (Å²) in [7, 11) is 0. The molecular weight excluding hydrogens is 406 g/mol. The Labute approximate surface area is 187 Å². The number of carbonyl (C=O) groups excluding carboxylic acids is 1. The van der Waals surface area contributed by atoms with Gasteiger partial charge in [0.2, 0.25) is 5.91 Å². The zero-order chi connectivity index (χ0) is 21.3. The summed E-state index contributed by atoms with van der Waals surface area (Å²) in [5.74, 6) is 1.18. The molecule has 0 aliphatic heterocycles. The van der Waals surface area contributed by atoms with Crippen LogP contribution in [-0.4, -0.2) is 37.5 Å². The van der Waals surface area contributed by atoms with Crippen molar-refractivity contribution in [3.05, 3.63) is 60.4 Å². The van der Waals surface area contributed by atoms with Crippen LogP contribution in [0.4, 0.5) is 0 Å². The highest BCUT2D eigenvalue weighted by Gasteiger charge is 2.18.